The van der Waals surface area contributed by atoms with Crippen LogP contribution in [0.3, 0.4) is 0 Å². The highest BCUT2D eigenvalue weighted by Gasteiger charge is 2.36. The van der Waals surface area contributed by atoms with Gasteiger partial charge in [0.2, 0.25) is 5.91 Å². The number of carbonyl (C=O) groups is 1. The number of hydrogen-bond acceptors (Lipinski definition) is 3. The minimum atomic E-state index is 0.0438. The summed E-state index contributed by atoms with van der Waals surface area (Å²) in [6.07, 6.45) is 8.02. The quantitative estimate of drug-likeness (QED) is 0.870. The third kappa shape index (κ3) is 2.53. The molecule has 0 radical (unpaired) electrons. The van der Waals surface area contributed by atoms with Crippen molar-refractivity contribution in [3.8, 4) is 0 Å². The van der Waals surface area contributed by atoms with Crippen molar-refractivity contribution >= 4 is 5.91 Å². The Morgan fingerprint density at radius 2 is 2.33 bits per heavy atom. The molecule has 0 aromatic carbocycles. The number of pyridine rings is 1. The number of carbonyl (C=O) groups excluding carboxylic acids is 1. The van der Waals surface area contributed by atoms with E-state index in [1.807, 2.05) is 23.2 Å². The third-order valence-electron chi connectivity index (χ3n) is 3.70. The molecule has 4 heteroatoms. The molecule has 4 nitrogen and oxygen atoms in total. The molecule has 96 valence electrons. The average molecular weight is 245 g/mol. The molecule has 1 saturated carbocycles. The van der Waals surface area contributed by atoms with Gasteiger partial charge in [0.15, 0.2) is 0 Å². The van der Waals surface area contributed by atoms with Crippen LogP contribution in [0, 0.1) is 0 Å². The summed E-state index contributed by atoms with van der Waals surface area (Å²) < 4.78 is 0. The monoisotopic (exact) mass is 245 g/mol. The summed E-state index contributed by atoms with van der Waals surface area (Å²) in [7, 11) is 0. The molecule has 1 N–H and O–H groups in total. The molecule has 18 heavy (non-hydrogen) atoms. The third-order valence-corrected chi connectivity index (χ3v) is 3.70. The van der Waals surface area contributed by atoms with Gasteiger partial charge in [-0.15, -0.1) is 0 Å². The molecular formula is C14H19N3O. The number of hydrogen-bond donors (Lipinski definition) is 1. The molecule has 1 aromatic heterocycles. The van der Waals surface area contributed by atoms with Crippen molar-refractivity contribution in [2.75, 3.05) is 6.54 Å². The van der Waals surface area contributed by atoms with Crippen molar-refractivity contribution in [2.45, 2.75) is 44.3 Å². The summed E-state index contributed by atoms with van der Waals surface area (Å²) in [6, 6.07) is 4.47. The van der Waals surface area contributed by atoms with E-state index in [4.69, 9.17) is 0 Å². The van der Waals surface area contributed by atoms with Crippen LogP contribution in [0.15, 0.2) is 24.5 Å². The molecule has 0 bridgehead atoms. The Hall–Kier alpha value is -1.42. The van der Waals surface area contributed by atoms with E-state index in [0.717, 1.165) is 37.8 Å². The first kappa shape index (κ1) is 11.7. The first-order valence-corrected chi connectivity index (χ1v) is 6.77. The Kier molecular flexibility index (Phi) is 3.28. The Labute approximate surface area is 107 Å². The zero-order valence-corrected chi connectivity index (χ0v) is 10.5. The fraction of sp³-hybridized carbons (Fsp3) is 0.571. The first-order chi connectivity index (χ1) is 8.84. The molecule has 1 aliphatic carbocycles. The van der Waals surface area contributed by atoms with Crippen molar-refractivity contribution in [1.29, 1.82) is 0 Å². The van der Waals surface area contributed by atoms with E-state index < -0.39 is 0 Å². The van der Waals surface area contributed by atoms with Crippen molar-refractivity contribution in [2.24, 2.45) is 0 Å². The summed E-state index contributed by atoms with van der Waals surface area (Å²) in [5.41, 5.74) is 1.12. The summed E-state index contributed by atoms with van der Waals surface area (Å²) in [5, 5.41) is 3.30. The highest BCUT2D eigenvalue weighted by Crippen LogP contribution is 2.29. The second-order valence-electron chi connectivity index (χ2n) is 5.21. The largest absolute Gasteiger partial charge is 0.334 e. The molecule has 1 aliphatic heterocycles. The van der Waals surface area contributed by atoms with Crippen LogP contribution in [-0.4, -0.2) is 34.4 Å². The smallest absolute Gasteiger partial charge is 0.240 e. The van der Waals surface area contributed by atoms with Gasteiger partial charge in [-0.25, -0.2) is 0 Å². The lowest BCUT2D eigenvalue weighted by molar-refractivity contribution is -0.134. The van der Waals surface area contributed by atoms with Crippen LogP contribution in [-0.2, 0) is 11.3 Å². The maximum absolute atomic E-state index is 12.5. The predicted molar refractivity (Wildman–Crippen MR) is 68.8 cm³/mol. The van der Waals surface area contributed by atoms with Gasteiger partial charge in [-0.3, -0.25) is 9.78 Å². The second kappa shape index (κ2) is 5.06. The summed E-state index contributed by atoms with van der Waals surface area (Å²) in [5.74, 6) is 0.277. The lowest BCUT2D eigenvalue weighted by Gasteiger charge is -2.25. The van der Waals surface area contributed by atoms with E-state index in [1.54, 1.807) is 6.20 Å². The van der Waals surface area contributed by atoms with Crippen molar-refractivity contribution in [1.82, 2.24) is 15.2 Å². The maximum Gasteiger partial charge on any atom is 0.240 e. The highest BCUT2D eigenvalue weighted by atomic mass is 16.2. The summed E-state index contributed by atoms with van der Waals surface area (Å²) >= 11 is 0. The minimum Gasteiger partial charge on any atom is -0.334 e. The topological polar surface area (TPSA) is 45.2 Å². The van der Waals surface area contributed by atoms with E-state index >= 15 is 0 Å². The van der Waals surface area contributed by atoms with Crippen molar-refractivity contribution in [3.63, 3.8) is 0 Å². The van der Waals surface area contributed by atoms with E-state index in [2.05, 4.69) is 10.3 Å². The normalized spacial score (nSPS) is 23.0. The highest BCUT2D eigenvalue weighted by molar-refractivity contribution is 5.82. The Bertz CT molecular complexity index is 410. The zero-order valence-electron chi connectivity index (χ0n) is 10.5. The van der Waals surface area contributed by atoms with Crippen molar-refractivity contribution < 1.29 is 4.79 Å². The number of aromatic nitrogens is 1. The number of nitrogens with one attached hydrogen (secondary N) is 1. The maximum atomic E-state index is 12.5. The van der Waals surface area contributed by atoms with Gasteiger partial charge >= 0.3 is 0 Å². The summed E-state index contributed by atoms with van der Waals surface area (Å²) in [4.78, 5) is 18.6. The summed E-state index contributed by atoms with van der Waals surface area (Å²) in [6.45, 7) is 1.68. The van der Waals surface area contributed by atoms with Crippen LogP contribution in [0.2, 0.25) is 0 Å². The van der Waals surface area contributed by atoms with Gasteiger partial charge in [0.1, 0.15) is 0 Å². The molecule has 0 unspecified atom stereocenters. The number of rotatable bonds is 4. The lowest BCUT2D eigenvalue weighted by atomic mass is 10.2. The second-order valence-corrected chi connectivity index (χ2v) is 5.21. The van der Waals surface area contributed by atoms with Crippen LogP contribution in [0.4, 0.5) is 0 Å². The lowest BCUT2D eigenvalue weighted by Crippen LogP contribution is -2.44. The Morgan fingerprint density at radius 3 is 2.94 bits per heavy atom. The average Bonchev–Trinajstić information content (AvgIpc) is 3.10. The van der Waals surface area contributed by atoms with E-state index in [-0.39, 0.29) is 11.9 Å². The van der Waals surface area contributed by atoms with Gasteiger partial charge < -0.3 is 10.2 Å². The van der Waals surface area contributed by atoms with Crippen LogP contribution in [0.1, 0.15) is 31.2 Å². The minimum absolute atomic E-state index is 0.0438. The SMILES string of the molecule is O=C([C@H]1CCCN1)N(Cc1cccnc1)C1CC1. The molecule has 1 atom stereocenters. The molecule has 0 spiro atoms. The van der Waals surface area contributed by atoms with Gasteiger partial charge in [-0.05, 0) is 43.9 Å². The molecule has 2 heterocycles. The van der Waals surface area contributed by atoms with Gasteiger partial charge in [-0.1, -0.05) is 6.07 Å². The van der Waals surface area contributed by atoms with Crippen LogP contribution < -0.4 is 5.32 Å². The fourth-order valence-corrected chi connectivity index (χ4v) is 2.56. The molecule has 1 saturated heterocycles. The molecule has 1 aromatic rings. The fourth-order valence-electron chi connectivity index (χ4n) is 2.56. The first-order valence-electron chi connectivity index (χ1n) is 6.77. The van der Waals surface area contributed by atoms with Gasteiger partial charge in [0, 0.05) is 25.0 Å². The van der Waals surface area contributed by atoms with E-state index in [0.29, 0.717) is 12.6 Å². The molecule has 2 aliphatic rings. The van der Waals surface area contributed by atoms with E-state index in [9.17, 15) is 4.79 Å². The van der Waals surface area contributed by atoms with E-state index in [1.165, 1.54) is 0 Å². The Morgan fingerprint density at radius 1 is 1.44 bits per heavy atom. The van der Waals surface area contributed by atoms with Crippen LogP contribution in [0.25, 0.3) is 0 Å². The standard InChI is InChI=1S/C14H19N3O/c18-14(13-4-2-8-16-13)17(12-5-6-12)10-11-3-1-7-15-9-11/h1,3,7,9,12-13,16H,2,4-6,8,10H2/t13-/m1/s1. The van der Waals surface area contributed by atoms with Gasteiger partial charge in [-0.2, -0.15) is 0 Å². The molecule has 1 amide bonds. The Balaban J connectivity index is 1.70. The van der Waals surface area contributed by atoms with Gasteiger partial charge in [0.25, 0.3) is 0 Å². The predicted octanol–water partition coefficient (Wildman–Crippen LogP) is 1.32. The molecule has 2 fully saturated rings. The van der Waals surface area contributed by atoms with Gasteiger partial charge in [0.05, 0.1) is 6.04 Å². The molecule has 3 rings (SSSR count). The number of amides is 1. The van der Waals surface area contributed by atoms with Crippen LogP contribution in [0.5, 0.6) is 0 Å². The molecular weight excluding hydrogens is 226 g/mol. The van der Waals surface area contributed by atoms with Crippen LogP contribution >= 0.6 is 0 Å². The zero-order chi connectivity index (χ0) is 12.4. The van der Waals surface area contributed by atoms with Crippen molar-refractivity contribution in [3.05, 3.63) is 30.1 Å². The number of nitrogens with zero attached hydrogens (tertiary/aromatic N) is 2.